The van der Waals surface area contributed by atoms with Gasteiger partial charge in [-0.3, -0.25) is 0 Å². The summed E-state index contributed by atoms with van der Waals surface area (Å²) < 4.78 is 32.2. The lowest BCUT2D eigenvalue weighted by molar-refractivity contribution is 0.149. The number of hydrogen-bond acceptors (Lipinski definition) is 7. The molecule has 0 saturated carbocycles. The second-order valence-corrected chi connectivity index (χ2v) is 6.28. The zero-order valence-corrected chi connectivity index (χ0v) is 11.4. The van der Waals surface area contributed by atoms with E-state index in [1.807, 2.05) is 6.92 Å². The number of nitrogens with zero attached hydrogens (tertiary/aromatic N) is 2. The van der Waals surface area contributed by atoms with E-state index in [-0.39, 0.29) is 18.1 Å². The molecule has 1 rings (SSSR count). The van der Waals surface area contributed by atoms with Crippen LogP contribution >= 0.6 is 0 Å². The van der Waals surface area contributed by atoms with Crippen molar-refractivity contribution in [2.75, 3.05) is 25.2 Å². The zero-order chi connectivity index (χ0) is 13.6. The highest BCUT2D eigenvalue weighted by Crippen LogP contribution is 2.12. The van der Waals surface area contributed by atoms with Crippen molar-refractivity contribution in [3.05, 3.63) is 11.7 Å². The lowest BCUT2D eigenvalue weighted by Gasteiger charge is -2.04. The fourth-order valence-electron chi connectivity index (χ4n) is 1.29. The SMILES string of the molecule is CCOCCc1noc(C(N)CCS(C)(=O)=O)n1. The molecule has 1 aromatic rings. The van der Waals surface area contributed by atoms with Crippen LogP contribution in [0.3, 0.4) is 0 Å². The monoisotopic (exact) mass is 277 g/mol. The van der Waals surface area contributed by atoms with Gasteiger partial charge in [0, 0.05) is 19.3 Å². The van der Waals surface area contributed by atoms with Crippen LogP contribution in [0, 0.1) is 0 Å². The summed E-state index contributed by atoms with van der Waals surface area (Å²) in [5.74, 6) is 0.795. The van der Waals surface area contributed by atoms with Gasteiger partial charge in [-0.05, 0) is 13.3 Å². The maximum absolute atomic E-state index is 11.0. The summed E-state index contributed by atoms with van der Waals surface area (Å²) in [6.07, 6.45) is 1.99. The quantitative estimate of drug-likeness (QED) is 0.670. The number of aromatic nitrogens is 2. The Balaban J connectivity index is 2.46. The molecule has 0 spiro atoms. The van der Waals surface area contributed by atoms with Gasteiger partial charge < -0.3 is 15.0 Å². The molecule has 0 fully saturated rings. The van der Waals surface area contributed by atoms with Gasteiger partial charge in [0.05, 0.1) is 18.4 Å². The topological polar surface area (TPSA) is 108 Å². The molecule has 0 radical (unpaired) electrons. The summed E-state index contributed by atoms with van der Waals surface area (Å²) in [7, 11) is -3.03. The minimum atomic E-state index is -3.03. The van der Waals surface area contributed by atoms with Gasteiger partial charge in [0.2, 0.25) is 5.89 Å². The highest BCUT2D eigenvalue weighted by Gasteiger charge is 2.16. The van der Waals surface area contributed by atoms with Crippen molar-refractivity contribution in [2.24, 2.45) is 5.73 Å². The van der Waals surface area contributed by atoms with Crippen LogP contribution in [0.1, 0.15) is 31.1 Å². The molecule has 1 heterocycles. The maximum Gasteiger partial charge on any atom is 0.243 e. The summed E-state index contributed by atoms with van der Waals surface area (Å²) in [6.45, 7) is 3.06. The normalized spacial score (nSPS) is 13.7. The minimum Gasteiger partial charge on any atom is -0.381 e. The van der Waals surface area contributed by atoms with E-state index in [4.69, 9.17) is 15.0 Å². The number of rotatable bonds is 8. The predicted octanol–water partition coefficient (Wildman–Crippen LogP) is 0.0831. The molecule has 0 bridgehead atoms. The molecule has 0 aliphatic carbocycles. The first-order valence-corrected chi connectivity index (χ1v) is 7.82. The van der Waals surface area contributed by atoms with Crippen LogP contribution in [0.2, 0.25) is 0 Å². The van der Waals surface area contributed by atoms with E-state index < -0.39 is 15.9 Å². The van der Waals surface area contributed by atoms with Crippen LogP contribution < -0.4 is 5.73 Å². The van der Waals surface area contributed by atoms with Crippen molar-refractivity contribution in [1.82, 2.24) is 10.1 Å². The third-order valence-electron chi connectivity index (χ3n) is 2.27. The van der Waals surface area contributed by atoms with E-state index in [1.165, 1.54) is 6.26 Å². The second-order valence-electron chi connectivity index (χ2n) is 4.02. The smallest absolute Gasteiger partial charge is 0.243 e. The number of ether oxygens (including phenoxy) is 1. The highest BCUT2D eigenvalue weighted by molar-refractivity contribution is 7.90. The molecule has 1 atom stereocenters. The Bertz CT molecular complexity index is 457. The van der Waals surface area contributed by atoms with E-state index in [9.17, 15) is 8.42 Å². The summed E-state index contributed by atoms with van der Waals surface area (Å²) in [5, 5.41) is 3.76. The Morgan fingerprint density at radius 1 is 1.50 bits per heavy atom. The first-order chi connectivity index (χ1) is 8.42. The van der Waals surface area contributed by atoms with E-state index in [0.717, 1.165) is 0 Å². The highest BCUT2D eigenvalue weighted by atomic mass is 32.2. The standard InChI is InChI=1S/C10H19N3O4S/c1-3-16-6-4-9-12-10(17-13-9)8(11)5-7-18(2,14)15/h8H,3-7,11H2,1-2H3. The molecule has 104 valence electrons. The first kappa shape index (κ1) is 15.1. The van der Waals surface area contributed by atoms with Crippen molar-refractivity contribution in [3.63, 3.8) is 0 Å². The number of hydrogen-bond donors (Lipinski definition) is 1. The maximum atomic E-state index is 11.0. The Morgan fingerprint density at radius 3 is 2.83 bits per heavy atom. The van der Waals surface area contributed by atoms with Gasteiger partial charge in [0.15, 0.2) is 5.82 Å². The minimum absolute atomic E-state index is 0.00479. The van der Waals surface area contributed by atoms with Crippen molar-refractivity contribution in [3.8, 4) is 0 Å². The molecule has 0 aliphatic heterocycles. The average molecular weight is 277 g/mol. The van der Waals surface area contributed by atoms with Crippen molar-refractivity contribution in [1.29, 1.82) is 0 Å². The average Bonchev–Trinajstić information content (AvgIpc) is 2.74. The number of nitrogens with two attached hydrogens (primary N) is 1. The van der Waals surface area contributed by atoms with Crippen LogP contribution in [-0.4, -0.2) is 43.8 Å². The molecule has 2 N–H and O–H groups in total. The molecule has 18 heavy (non-hydrogen) atoms. The van der Waals surface area contributed by atoms with Crippen molar-refractivity contribution in [2.45, 2.75) is 25.8 Å². The summed E-state index contributed by atoms with van der Waals surface area (Å²) in [4.78, 5) is 4.11. The zero-order valence-electron chi connectivity index (χ0n) is 10.6. The Morgan fingerprint density at radius 2 is 2.22 bits per heavy atom. The predicted molar refractivity (Wildman–Crippen MR) is 65.8 cm³/mol. The van der Waals surface area contributed by atoms with Crippen LogP contribution in [0.15, 0.2) is 4.52 Å². The molecular weight excluding hydrogens is 258 g/mol. The van der Waals surface area contributed by atoms with E-state index in [2.05, 4.69) is 10.1 Å². The van der Waals surface area contributed by atoms with Gasteiger partial charge in [0.1, 0.15) is 9.84 Å². The lowest BCUT2D eigenvalue weighted by Crippen LogP contribution is -2.16. The summed E-state index contributed by atoms with van der Waals surface area (Å²) >= 11 is 0. The first-order valence-electron chi connectivity index (χ1n) is 5.76. The number of sulfone groups is 1. The molecule has 8 heteroatoms. The molecule has 0 amide bonds. The molecule has 1 unspecified atom stereocenters. The van der Waals surface area contributed by atoms with E-state index >= 15 is 0 Å². The van der Waals surface area contributed by atoms with Crippen molar-refractivity contribution < 1.29 is 17.7 Å². The molecule has 0 aromatic carbocycles. The summed E-state index contributed by atoms with van der Waals surface area (Å²) in [5.41, 5.74) is 5.78. The van der Waals surface area contributed by atoms with Crippen LogP contribution in [0.5, 0.6) is 0 Å². The third-order valence-corrected chi connectivity index (χ3v) is 3.25. The third kappa shape index (κ3) is 5.56. The van der Waals surface area contributed by atoms with Gasteiger partial charge in [-0.25, -0.2) is 8.42 Å². The van der Waals surface area contributed by atoms with Gasteiger partial charge in [-0.1, -0.05) is 5.16 Å². The van der Waals surface area contributed by atoms with Crippen molar-refractivity contribution >= 4 is 9.84 Å². The van der Waals surface area contributed by atoms with Gasteiger partial charge in [-0.2, -0.15) is 4.98 Å². The second kappa shape index (κ2) is 6.81. The van der Waals surface area contributed by atoms with Gasteiger partial charge in [0.25, 0.3) is 0 Å². The summed E-state index contributed by atoms with van der Waals surface area (Å²) in [6, 6.07) is -0.548. The van der Waals surface area contributed by atoms with E-state index in [0.29, 0.717) is 25.5 Å². The largest absolute Gasteiger partial charge is 0.381 e. The lowest BCUT2D eigenvalue weighted by atomic mass is 10.2. The fourth-order valence-corrected chi connectivity index (χ4v) is 1.97. The van der Waals surface area contributed by atoms with Crippen LogP contribution in [-0.2, 0) is 21.0 Å². The molecule has 7 nitrogen and oxygen atoms in total. The molecule has 0 aliphatic rings. The molecule has 1 aromatic heterocycles. The van der Waals surface area contributed by atoms with Gasteiger partial charge >= 0.3 is 0 Å². The molecule has 0 saturated heterocycles. The fraction of sp³-hybridized carbons (Fsp3) is 0.800. The Kier molecular flexibility index (Phi) is 5.70. The Labute approximate surface area is 107 Å². The van der Waals surface area contributed by atoms with Gasteiger partial charge in [-0.15, -0.1) is 0 Å². The molecular formula is C10H19N3O4S. The van der Waals surface area contributed by atoms with Crippen LogP contribution in [0.4, 0.5) is 0 Å². The Hall–Kier alpha value is -0.990. The van der Waals surface area contributed by atoms with Crippen LogP contribution in [0.25, 0.3) is 0 Å². The van der Waals surface area contributed by atoms with E-state index in [1.54, 1.807) is 0 Å².